The highest BCUT2D eigenvalue weighted by molar-refractivity contribution is 7.89. The van der Waals surface area contributed by atoms with Crippen LogP contribution in [-0.2, 0) is 14.8 Å². The molecule has 1 aliphatic heterocycles. The van der Waals surface area contributed by atoms with E-state index in [0.717, 1.165) is 10.4 Å². The lowest BCUT2D eigenvalue weighted by Crippen LogP contribution is -2.50. The lowest BCUT2D eigenvalue weighted by molar-refractivity contribution is -0.127. The average Bonchev–Trinajstić information content (AvgIpc) is 2.78. The largest absolute Gasteiger partial charge is 0.493 e. The number of carbonyl (C=O) groups is 1. The van der Waals surface area contributed by atoms with Gasteiger partial charge in [0.1, 0.15) is 10.7 Å². The van der Waals surface area contributed by atoms with Gasteiger partial charge in [-0.05, 0) is 24.3 Å². The molecule has 172 valence electrons. The number of rotatable bonds is 7. The van der Waals surface area contributed by atoms with Gasteiger partial charge in [-0.2, -0.15) is 13.1 Å². The highest BCUT2D eigenvalue weighted by atomic mass is 32.2. The molecule has 0 unspecified atom stereocenters. The van der Waals surface area contributed by atoms with Crippen LogP contribution in [0.15, 0.2) is 53.4 Å². The number of carbonyl (C=O) groups excluding carboxylic acids is 1. The SMILES string of the molecule is COc1cccc(C=CC(=O)N2CCN(S(=O)(=O)c3ccccc3F)CC2)c1OC(F)F. The van der Waals surface area contributed by atoms with Crippen molar-refractivity contribution >= 4 is 22.0 Å². The maximum absolute atomic E-state index is 13.9. The van der Waals surface area contributed by atoms with Gasteiger partial charge in [-0.3, -0.25) is 4.79 Å². The summed E-state index contributed by atoms with van der Waals surface area (Å²) < 4.78 is 75.4. The Labute approximate surface area is 183 Å². The van der Waals surface area contributed by atoms with Gasteiger partial charge in [0.2, 0.25) is 15.9 Å². The van der Waals surface area contributed by atoms with Crippen LogP contribution in [0.2, 0.25) is 0 Å². The molecule has 0 aromatic heterocycles. The van der Waals surface area contributed by atoms with Gasteiger partial charge >= 0.3 is 6.61 Å². The molecule has 11 heteroatoms. The van der Waals surface area contributed by atoms with Crippen molar-refractivity contribution in [1.82, 2.24) is 9.21 Å². The van der Waals surface area contributed by atoms with E-state index in [9.17, 15) is 26.4 Å². The van der Waals surface area contributed by atoms with Crippen molar-refractivity contribution < 1.29 is 35.9 Å². The molecule has 0 bridgehead atoms. The van der Waals surface area contributed by atoms with Crippen LogP contribution in [0.5, 0.6) is 11.5 Å². The summed E-state index contributed by atoms with van der Waals surface area (Å²) in [5, 5.41) is 0. The monoisotopic (exact) mass is 470 g/mol. The van der Waals surface area contributed by atoms with Crippen LogP contribution in [0, 0.1) is 5.82 Å². The van der Waals surface area contributed by atoms with Crippen molar-refractivity contribution in [2.75, 3.05) is 33.3 Å². The number of para-hydroxylation sites is 1. The second kappa shape index (κ2) is 10.0. The zero-order valence-electron chi connectivity index (χ0n) is 17.1. The van der Waals surface area contributed by atoms with Crippen LogP contribution < -0.4 is 9.47 Å². The molecule has 3 rings (SSSR count). The molecule has 2 aromatic carbocycles. The van der Waals surface area contributed by atoms with Gasteiger partial charge < -0.3 is 14.4 Å². The molecular weight excluding hydrogens is 449 g/mol. The number of sulfonamides is 1. The van der Waals surface area contributed by atoms with Crippen LogP contribution in [0.3, 0.4) is 0 Å². The van der Waals surface area contributed by atoms with Gasteiger partial charge in [-0.1, -0.05) is 24.3 Å². The smallest absolute Gasteiger partial charge is 0.387 e. The molecule has 0 radical (unpaired) electrons. The number of alkyl halides is 2. The molecule has 1 saturated heterocycles. The Balaban J connectivity index is 1.68. The number of benzene rings is 2. The Morgan fingerprint density at radius 3 is 2.38 bits per heavy atom. The summed E-state index contributed by atoms with van der Waals surface area (Å²) in [6.07, 6.45) is 2.51. The molecule has 7 nitrogen and oxygen atoms in total. The van der Waals surface area contributed by atoms with Gasteiger partial charge in [-0.15, -0.1) is 0 Å². The number of piperazine rings is 1. The third kappa shape index (κ3) is 5.22. The van der Waals surface area contributed by atoms with E-state index in [-0.39, 0.29) is 43.2 Å². The Kier molecular flexibility index (Phi) is 7.41. The van der Waals surface area contributed by atoms with Crippen molar-refractivity contribution in [3.05, 3.63) is 59.9 Å². The second-order valence-electron chi connectivity index (χ2n) is 6.75. The van der Waals surface area contributed by atoms with Crippen molar-refractivity contribution in [2.45, 2.75) is 11.5 Å². The van der Waals surface area contributed by atoms with E-state index in [1.165, 1.54) is 54.5 Å². The van der Waals surface area contributed by atoms with E-state index < -0.39 is 33.3 Å². The minimum atomic E-state index is -4.02. The molecule has 1 amide bonds. The highest BCUT2D eigenvalue weighted by Crippen LogP contribution is 2.33. The van der Waals surface area contributed by atoms with Crippen molar-refractivity contribution in [2.24, 2.45) is 0 Å². The standard InChI is InChI=1S/C21H21F3N2O5S/c1-30-17-7-4-5-15(20(17)31-21(23)24)9-10-19(27)25-11-13-26(14-12-25)32(28,29)18-8-3-2-6-16(18)22/h2-10,21H,11-14H2,1H3. The maximum atomic E-state index is 13.9. The van der Waals surface area contributed by atoms with Crippen molar-refractivity contribution in [1.29, 1.82) is 0 Å². The molecule has 32 heavy (non-hydrogen) atoms. The van der Waals surface area contributed by atoms with Gasteiger partial charge in [-0.25, -0.2) is 12.8 Å². The fourth-order valence-corrected chi connectivity index (χ4v) is 4.74. The zero-order chi connectivity index (χ0) is 23.3. The quantitative estimate of drug-likeness (QED) is 0.582. The number of amides is 1. The van der Waals surface area contributed by atoms with Gasteiger partial charge in [0.15, 0.2) is 11.5 Å². The van der Waals surface area contributed by atoms with Crippen LogP contribution in [-0.4, -0.2) is 63.4 Å². The van der Waals surface area contributed by atoms with E-state index in [1.807, 2.05) is 0 Å². The predicted molar refractivity (Wildman–Crippen MR) is 110 cm³/mol. The first kappa shape index (κ1) is 23.6. The summed E-state index contributed by atoms with van der Waals surface area (Å²) >= 11 is 0. The number of halogens is 3. The molecule has 2 aromatic rings. The molecular formula is C21H21F3N2O5S. The van der Waals surface area contributed by atoms with Crippen LogP contribution in [0.1, 0.15) is 5.56 Å². The zero-order valence-corrected chi connectivity index (χ0v) is 17.9. The molecule has 1 aliphatic rings. The van der Waals surface area contributed by atoms with Gasteiger partial charge in [0.05, 0.1) is 7.11 Å². The van der Waals surface area contributed by atoms with E-state index in [0.29, 0.717) is 0 Å². The molecule has 0 atom stereocenters. The topological polar surface area (TPSA) is 76.2 Å². The third-order valence-electron chi connectivity index (χ3n) is 4.85. The van der Waals surface area contributed by atoms with Gasteiger partial charge in [0.25, 0.3) is 0 Å². The molecule has 0 aliphatic carbocycles. The lowest BCUT2D eigenvalue weighted by Gasteiger charge is -2.33. The van der Waals surface area contributed by atoms with Crippen LogP contribution >= 0.6 is 0 Å². The van der Waals surface area contributed by atoms with Crippen LogP contribution in [0.25, 0.3) is 6.08 Å². The number of methoxy groups -OCH3 is 1. The number of hydrogen-bond acceptors (Lipinski definition) is 5. The van der Waals surface area contributed by atoms with E-state index in [4.69, 9.17) is 4.74 Å². The van der Waals surface area contributed by atoms with Crippen molar-refractivity contribution in [3.63, 3.8) is 0 Å². The summed E-state index contributed by atoms with van der Waals surface area (Å²) in [6.45, 7) is -2.90. The first-order chi connectivity index (χ1) is 15.2. The predicted octanol–water partition coefficient (Wildman–Crippen LogP) is 2.98. The van der Waals surface area contributed by atoms with Crippen molar-refractivity contribution in [3.8, 4) is 11.5 Å². The third-order valence-corrected chi connectivity index (χ3v) is 6.78. The summed E-state index contributed by atoms with van der Waals surface area (Å²) in [5.74, 6) is -1.38. The first-order valence-electron chi connectivity index (χ1n) is 9.57. The van der Waals surface area contributed by atoms with Gasteiger partial charge in [0, 0.05) is 37.8 Å². The van der Waals surface area contributed by atoms with E-state index in [1.54, 1.807) is 6.07 Å². The Morgan fingerprint density at radius 2 is 1.75 bits per heavy atom. The summed E-state index contributed by atoms with van der Waals surface area (Å²) in [4.78, 5) is 13.5. The molecule has 1 fully saturated rings. The Morgan fingerprint density at radius 1 is 1.06 bits per heavy atom. The normalized spacial score (nSPS) is 15.3. The molecule has 0 saturated carbocycles. The van der Waals surface area contributed by atoms with E-state index >= 15 is 0 Å². The Bertz CT molecular complexity index is 1100. The number of hydrogen-bond donors (Lipinski definition) is 0. The molecule has 1 heterocycles. The number of ether oxygens (including phenoxy) is 2. The average molecular weight is 470 g/mol. The molecule has 0 N–H and O–H groups in total. The second-order valence-corrected chi connectivity index (χ2v) is 8.66. The molecule has 0 spiro atoms. The van der Waals surface area contributed by atoms with E-state index in [2.05, 4.69) is 4.74 Å². The maximum Gasteiger partial charge on any atom is 0.387 e. The highest BCUT2D eigenvalue weighted by Gasteiger charge is 2.31. The summed E-state index contributed by atoms with van der Waals surface area (Å²) in [7, 11) is -2.71. The minimum absolute atomic E-state index is 0.00481. The van der Waals surface area contributed by atoms with Crippen LogP contribution in [0.4, 0.5) is 13.2 Å². The fourth-order valence-electron chi connectivity index (χ4n) is 3.25. The lowest BCUT2D eigenvalue weighted by atomic mass is 10.1. The minimum Gasteiger partial charge on any atom is -0.493 e. The fraction of sp³-hybridized carbons (Fsp3) is 0.286. The summed E-state index contributed by atoms with van der Waals surface area (Å²) in [6, 6.07) is 9.60. The first-order valence-corrected chi connectivity index (χ1v) is 11.0. The Hall–Kier alpha value is -3.05. The summed E-state index contributed by atoms with van der Waals surface area (Å²) in [5.41, 5.74) is 0.221. The number of nitrogens with zero attached hydrogens (tertiary/aromatic N) is 2.